The number of H-pyrrole nitrogens is 1. The lowest BCUT2D eigenvalue weighted by molar-refractivity contribution is 0.768. The SMILES string of the molecule is Cc1cc(Br)sc1Cn1cn[nH]c1=O. The number of aryl methyl sites for hydroxylation is 1. The molecule has 2 aromatic heterocycles. The minimum atomic E-state index is -0.172. The lowest BCUT2D eigenvalue weighted by Gasteiger charge is -1.97. The van der Waals surface area contributed by atoms with Crippen LogP contribution in [0.1, 0.15) is 10.4 Å². The van der Waals surface area contributed by atoms with Gasteiger partial charge in [-0.3, -0.25) is 4.57 Å². The molecule has 0 saturated carbocycles. The molecule has 2 aromatic rings. The van der Waals surface area contributed by atoms with Gasteiger partial charge in [-0.2, -0.15) is 5.10 Å². The maximum absolute atomic E-state index is 11.2. The van der Waals surface area contributed by atoms with Crippen LogP contribution >= 0.6 is 27.3 Å². The Hall–Kier alpha value is -0.880. The number of aromatic amines is 1. The lowest BCUT2D eigenvalue weighted by atomic mass is 10.3. The summed E-state index contributed by atoms with van der Waals surface area (Å²) in [5.41, 5.74) is 1.02. The number of hydrogen-bond acceptors (Lipinski definition) is 3. The van der Waals surface area contributed by atoms with Gasteiger partial charge >= 0.3 is 5.69 Å². The van der Waals surface area contributed by atoms with Gasteiger partial charge in [-0.05, 0) is 34.5 Å². The average Bonchev–Trinajstić information content (AvgIpc) is 2.62. The highest BCUT2D eigenvalue weighted by Crippen LogP contribution is 2.26. The molecule has 0 radical (unpaired) electrons. The maximum Gasteiger partial charge on any atom is 0.343 e. The first-order chi connectivity index (χ1) is 6.66. The maximum atomic E-state index is 11.2. The highest BCUT2D eigenvalue weighted by atomic mass is 79.9. The third-order valence-corrected chi connectivity index (χ3v) is 3.65. The van der Waals surface area contributed by atoms with Crippen LogP contribution in [-0.2, 0) is 6.54 Å². The average molecular weight is 274 g/mol. The fourth-order valence-electron chi connectivity index (χ4n) is 1.17. The van der Waals surface area contributed by atoms with E-state index in [1.165, 1.54) is 16.8 Å². The third kappa shape index (κ3) is 1.80. The number of nitrogens with one attached hydrogen (secondary N) is 1. The summed E-state index contributed by atoms with van der Waals surface area (Å²) in [4.78, 5) is 12.3. The van der Waals surface area contributed by atoms with Crippen molar-refractivity contribution in [3.8, 4) is 0 Å². The highest BCUT2D eigenvalue weighted by Gasteiger charge is 2.05. The third-order valence-electron chi connectivity index (χ3n) is 1.92. The Balaban J connectivity index is 2.31. The van der Waals surface area contributed by atoms with Crippen LogP contribution < -0.4 is 5.69 Å². The number of halogens is 1. The molecule has 0 aliphatic heterocycles. The number of hydrogen-bond donors (Lipinski definition) is 1. The second-order valence-corrected chi connectivity index (χ2v) is 5.46. The topological polar surface area (TPSA) is 50.7 Å². The highest BCUT2D eigenvalue weighted by molar-refractivity contribution is 9.11. The Labute approximate surface area is 92.7 Å². The van der Waals surface area contributed by atoms with Gasteiger partial charge in [-0.1, -0.05) is 0 Å². The zero-order valence-corrected chi connectivity index (χ0v) is 9.85. The summed E-state index contributed by atoms with van der Waals surface area (Å²) < 4.78 is 2.63. The van der Waals surface area contributed by atoms with Gasteiger partial charge in [-0.15, -0.1) is 11.3 Å². The summed E-state index contributed by atoms with van der Waals surface area (Å²) in [7, 11) is 0. The molecule has 6 heteroatoms. The largest absolute Gasteiger partial charge is 0.343 e. The fraction of sp³-hybridized carbons (Fsp3) is 0.250. The molecular weight excluding hydrogens is 266 g/mol. The Morgan fingerprint density at radius 1 is 1.71 bits per heavy atom. The summed E-state index contributed by atoms with van der Waals surface area (Å²) in [5.74, 6) is 0. The molecule has 0 aliphatic rings. The van der Waals surface area contributed by atoms with Gasteiger partial charge in [0.05, 0.1) is 10.3 Å². The van der Waals surface area contributed by atoms with E-state index in [9.17, 15) is 4.79 Å². The van der Waals surface area contributed by atoms with Gasteiger partial charge in [0, 0.05) is 4.88 Å². The van der Waals surface area contributed by atoms with E-state index < -0.39 is 0 Å². The molecule has 4 nitrogen and oxygen atoms in total. The van der Waals surface area contributed by atoms with Gasteiger partial charge in [0.25, 0.3) is 0 Å². The van der Waals surface area contributed by atoms with E-state index in [1.54, 1.807) is 15.9 Å². The lowest BCUT2D eigenvalue weighted by Crippen LogP contribution is -2.16. The zero-order valence-electron chi connectivity index (χ0n) is 7.45. The first kappa shape index (κ1) is 9.67. The van der Waals surface area contributed by atoms with E-state index in [4.69, 9.17) is 0 Å². The van der Waals surface area contributed by atoms with Crippen molar-refractivity contribution in [3.63, 3.8) is 0 Å². The second kappa shape index (κ2) is 3.70. The molecule has 2 heterocycles. The van der Waals surface area contributed by atoms with Crippen LogP contribution in [-0.4, -0.2) is 14.8 Å². The monoisotopic (exact) mass is 273 g/mol. The summed E-state index contributed by atoms with van der Waals surface area (Å²) in [6, 6.07) is 2.05. The fourth-order valence-corrected chi connectivity index (χ4v) is 3.00. The molecule has 0 atom stereocenters. The van der Waals surface area contributed by atoms with Crippen LogP contribution in [0.25, 0.3) is 0 Å². The Bertz CT molecular complexity index is 499. The number of aromatic nitrogens is 3. The van der Waals surface area contributed by atoms with Crippen molar-refractivity contribution in [2.75, 3.05) is 0 Å². The van der Waals surface area contributed by atoms with Gasteiger partial charge < -0.3 is 0 Å². The molecule has 0 fully saturated rings. The van der Waals surface area contributed by atoms with E-state index in [1.807, 2.05) is 13.0 Å². The van der Waals surface area contributed by atoms with Crippen LogP contribution in [0.5, 0.6) is 0 Å². The van der Waals surface area contributed by atoms with Gasteiger partial charge in [0.2, 0.25) is 0 Å². The van der Waals surface area contributed by atoms with Gasteiger partial charge in [0.15, 0.2) is 0 Å². The van der Waals surface area contributed by atoms with E-state index >= 15 is 0 Å². The Morgan fingerprint density at radius 2 is 2.50 bits per heavy atom. The Kier molecular flexibility index (Phi) is 2.56. The molecule has 0 unspecified atom stereocenters. The van der Waals surface area contributed by atoms with E-state index in [2.05, 4.69) is 26.1 Å². The van der Waals surface area contributed by atoms with Gasteiger partial charge in [-0.25, -0.2) is 9.89 Å². The number of thiophene rings is 1. The minimum absolute atomic E-state index is 0.172. The van der Waals surface area contributed by atoms with E-state index in [0.717, 1.165) is 3.79 Å². The molecule has 0 spiro atoms. The van der Waals surface area contributed by atoms with Crippen LogP contribution in [0.2, 0.25) is 0 Å². The summed E-state index contributed by atoms with van der Waals surface area (Å²) in [5, 5.41) is 6.04. The standard InChI is InChI=1S/C8H8BrN3OS/c1-5-2-7(9)14-6(5)3-12-4-10-11-8(12)13/h2,4H,3H2,1H3,(H,11,13). The first-order valence-electron chi connectivity index (χ1n) is 4.01. The normalized spacial score (nSPS) is 10.7. The van der Waals surface area contributed by atoms with Crippen LogP contribution in [0.3, 0.4) is 0 Å². The van der Waals surface area contributed by atoms with Gasteiger partial charge in [0.1, 0.15) is 6.33 Å². The van der Waals surface area contributed by atoms with Crippen molar-refractivity contribution in [1.82, 2.24) is 14.8 Å². The summed E-state index contributed by atoms with van der Waals surface area (Å²) >= 11 is 5.05. The summed E-state index contributed by atoms with van der Waals surface area (Å²) in [6.45, 7) is 2.61. The molecular formula is C8H8BrN3OS. The molecule has 0 amide bonds. The molecule has 0 bridgehead atoms. The Morgan fingerprint density at radius 3 is 3.00 bits per heavy atom. The molecule has 0 aromatic carbocycles. The van der Waals surface area contributed by atoms with Crippen molar-refractivity contribution in [2.24, 2.45) is 0 Å². The predicted molar refractivity (Wildman–Crippen MR) is 58.7 cm³/mol. The van der Waals surface area contributed by atoms with Crippen molar-refractivity contribution in [2.45, 2.75) is 13.5 Å². The van der Waals surface area contributed by atoms with Crippen molar-refractivity contribution in [3.05, 3.63) is 37.1 Å². The zero-order chi connectivity index (χ0) is 10.1. The predicted octanol–water partition coefficient (Wildman–Crippen LogP) is 1.75. The number of nitrogens with zero attached hydrogens (tertiary/aromatic N) is 2. The molecule has 2 rings (SSSR count). The molecule has 1 N–H and O–H groups in total. The first-order valence-corrected chi connectivity index (χ1v) is 5.62. The van der Waals surface area contributed by atoms with E-state index in [0.29, 0.717) is 6.54 Å². The quantitative estimate of drug-likeness (QED) is 0.907. The summed E-state index contributed by atoms with van der Waals surface area (Å²) in [6.07, 6.45) is 1.51. The van der Waals surface area contributed by atoms with Crippen molar-refractivity contribution < 1.29 is 0 Å². The van der Waals surface area contributed by atoms with Crippen molar-refractivity contribution in [1.29, 1.82) is 0 Å². The molecule has 14 heavy (non-hydrogen) atoms. The molecule has 0 saturated heterocycles. The smallest absolute Gasteiger partial charge is 0.276 e. The second-order valence-electron chi connectivity index (χ2n) is 2.95. The molecule has 74 valence electrons. The van der Waals surface area contributed by atoms with Crippen molar-refractivity contribution >= 4 is 27.3 Å². The minimum Gasteiger partial charge on any atom is -0.276 e. The van der Waals surface area contributed by atoms with Crippen LogP contribution in [0, 0.1) is 6.92 Å². The van der Waals surface area contributed by atoms with E-state index in [-0.39, 0.29) is 5.69 Å². The van der Waals surface area contributed by atoms with Crippen LogP contribution in [0.15, 0.2) is 21.0 Å². The number of rotatable bonds is 2. The van der Waals surface area contributed by atoms with Crippen LogP contribution in [0.4, 0.5) is 0 Å². The molecule has 0 aliphatic carbocycles.